The Hall–Kier alpha value is -1.07. The standard InChI is InChI=1S/C7H9N3O2.ClH/c11-6-4-3-8-2-1-5(4)9-7(12)10-6;/h8H,1-3H2,(H2,9,10,11,12);1H. The van der Waals surface area contributed by atoms with Gasteiger partial charge in [0, 0.05) is 25.2 Å². The largest absolute Gasteiger partial charge is 0.325 e. The lowest BCUT2D eigenvalue weighted by molar-refractivity contribution is 0.616. The molecule has 1 aromatic rings. The summed E-state index contributed by atoms with van der Waals surface area (Å²) in [5, 5.41) is 3.06. The van der Waals surface area contributed by atoms with Gasteiger partial charge in [0.2, 0.25) is 0 Å². The van der Waals surface area contributed by atoms with Crippen molar-refractivity contribution in [3.63, 3.8) is 0 Å². The third-order valence-electron chi connectivity index (χ3n) is 1.98. The number of nitrogens with one attached hydrogen (secondary N) is 3. The van der Waals surface area contributed by atoms with Gasteiger partial charge >= 0.3 is 5.69 Å². The first-order chi connectivity index (χ1) is 5.77. The van der Waals surface area contributed by atoms with Gasteiger partial charge in [-0.25, -0.2) is 4.79 Å². The Morgan fingerprint density at radius 3 is 2.69 bits per heavy atom. The van der Waals surface area contributed by atoms with Crippen molar-refractivity contribution in [1.82, 2.24) is 15.3 Å². The van der Waals surface area contributed by atoms with Crippen LogP contribution in [-0.2, 0) is 13.0 Å². The van der Waals surface area contributed by atoms with E-state index in [4.69, 9.17) is 0 Å². The quantitative estimate of drug-likeness (QED) is 0.513. The van der Waals surface area contributed by atoms with Gasteiger partial charge in [0.05, 0.1) is 5.56 Å². The molecule has 0 spiro atoms. The molecule has 72 valence electrons. The number of hydrogen-bond donors (Lipinski definition) is 3. The van der Waals surface area contributed by atoms with Gasteiger partial charge < -0.3 is 10.3 Å². The van der Waals surface area contributed by atoms with Crippen LogP contribution in [0.1, 0.15) is 11.3 Å². The van der Waals surface area contributed by atoms with E-state index in [-0.39, 0.29) is 18.0 Å². The molecule has 3 N–H and O–H groups in total. The first-order valence-electron chi connectivity index (χ1n) is 3.82. The number of aromatic nitrogens is 2. The van der Waals surface area contributed by atoms with E-state index in [0.717, 1.165) is 12.2 Å². The predicted molar refractivity (Wildman–Crippen MR) is 50.3 cm³/mol. The van der Waals surface area contributed by atoms with E-state index in [1.165, 1.54) is 0 Å². The fraction of sp³-hybridized carbons (Fsp3) is 0.429. The molecule has 0 radical (unpaired) electrons. The zero-order valence-electron chi connectivity index (χ0n) is 6.85. The minimum Gasteiger partial charge on any atom is -0.312 e. The number of H-pyrrole nitrogens is 2. The van der Waals surface area contributed by atoms with Crippen LogP contribution >= 0.6 is 12.4 Å². The van der Waals surface area contributed by atoms with Crippen LogP contribution in [0.25, 0.3) is 0 Å². The van der Waals surface area contributed by atoms with Crippen molar-refractivity contribution in [3.8, 4) is 0 Å². The molecular formula is C7H10ClN3O2. The number of halogens is 1. The third-order valence-corrected chi connectivity index (χ3v) is 1.98. The lowest BCUT2D eigenvalue weighted by Crippen LogP contribution is -2.35. The molecule has 0 unspecified atom stereocenters. The van der Waals surface area contributed by atoms with Crippen molar-refractivity contribution in [1.29, 1.82) is 0 Å². The highest BCUT2D eigenvalue weighted by atomic mass is 35.5. The van der Waals surface area contributed by atoms with Gasteiger partial charge in [-0.2, -0.15) is 0 Å². The van der Waals surface area contributed by atoms with E-state index in [2.05, 4.69) is 15.3 Å². The van der Waals surface area contributed by atoms with E-state index in [1.807, 2.05) is 0 Å². The Morgan fingerprint density at radius 2 is 1.92 bits per heavy atom. The molecule has 0 fully saturated rings. The summed E-state index contributed by atoms with van der Waals surface area (Å²) in [6, 6.07) is 0. The maximum Gasteiger partial charge on any atom is 0.325 e. The fourth-order valence-corrected chi connectivity index (χ4v) is 1.39. The van der Waals surface area contributed by atoms with Gasteiger partial charge in [0.1, 0.15) is 0 Å². The van der Waals surface area contributed by atoms with Crippen molar-refractivity contribution >= 4 is 12.4 Å². The van der Waals surface area contributed by atoms with Gasteiger partial charge in [0.15, 0.2) is 0 Å². The van der Waals surface area contributed by atoms with Gasteiger partial charge in [-0.3, -0.25) is 9.78 Å². The Bertz CT molecular complexity index is 409. The summed E-state index contributed by atoms with van der Waals surface area (Å²) in [6.45, 7) is 1.36. The molecule has 2 heterocycles. The average molecular weight is 204 g/mol. The average Bonchev–Trinajstić information content (AvgIpc) is 2.04. The number of hydrogen-bond acceptors (Lipinski definition) is 3. The summed E-state index contributed by atoms with van der Waals surface area (Å²) in [4.78, 5) is 26.8. The molecule has 1 aliphatic heterocycles. The zero-order valence-corrected chi connectivity index (χ0v) is 7.66. The van der Waals surface area contributed by atoms with Crippen LogP contribution in [0.5, 0.6) is 0 Å². The Balaban J connectivity index is 0.000000845. The lowest BCUT2D eigenvalue weighted by Gasteiger charge is -2.14. The fourth-order valence-electron chi connectivity index (χ4n) is 1.39. The van der Waals surface area contributed by atoms with Crippen LogP contribution in [-0.4, -0.2) is 16.5 Å². The molecule has 6 heteroatoms. The van der Waals surface area contributed by atoms with E-state index in [9.17, 15) is 9.59 Å². The Kier molecular flexibility index (Phi) is 2.90. The maximum absolute atomic E-state index is 11.2. The van der Waals surface area contributed by atoms with E-state index in [0.29, 0.717) is 18.5 Å². The van der Waals surface area contributed by atoms with Crippen LogP contribution < -0.4 is 16.6 Å². The number of fused-ring (bicyclic) bond motifs is 1. The van der Waals surface area contributed by atoms with Crippen LogP contribution in [0, 0.1) is 0 Å². The molecular weight excluding hydrogens is 194 g/mol. The number of rotatable bonds is 0. The first-order valence-corrected chi connectivity index (χ1v) is 3.82. The molecule has 1 aliphatic rings. The Morgan fingerprint density at radius 1 is 1.15 bits per heavy atom. The minimum absolute atomic E-state index is 0. The van der Waals surface area contributed by atoms with Gasteiger partial charge in [-0.1, -0.05) is 0 Å². The first kappa shape index (κ1) is 10.0. The molecule has 5 nitrogen and oxygen atoms in total. The van der Waals surface area contributed by atoms with Crippen molar-refractivity contribution in [2.45, 2.75) is 13.0 Å². The summed E-state index contributed by atoms with van der Waals surface area (Å²) in [5.74, 6) is 0. The predicted octanol–water partition coefficient (Wildman–Crippen LogP) is -0.869. The SMILES string of the molecule is Cl.O=c1[nH]c2c(c(=O)[nH]1)CNCC2. The molecule has 0 aromatic carbocycles. The lowest BCUT2D eigenvalue weighted by atomic mass is 10.1. The normalized spacial score (nSPS) is 14.5. The molecule has 2 rings (SSSR count). The molecule has 0 atom stereocenters. The highest BCUT2D eigenvalue weighted by Gasteiger charge is 2.12. The molecule has 13 heavy (non-hydrogen) atoms. The van der Waals surface area contributed by atoms with Crippen LogP contribution in [0.15, 0.2) is 9.59 Å². The number of aromatic amines is 2. The monoisotopic (exact) mass is 203 g/mol. The second-order valence-electron chi connectivity index (χ2n) is 2.79. The molecule has 0 bridgehead atoms. The second kappa shape index (κ2) is 3.76. The van der Waals surface area contributed by atoms with Crippen LogP contribution in [0.3, 0.4) is 0 Å². The summed E-state index contributed by atoms with van der Waals surface area (Å²) < 4.78 is 0. The zero-order chi connectivity index (χ0) is 8.55. The minimum atomic E-state index is -0.416. The topological polar surface area (TPSA) is 77.8 Å². The second-order valence-corrected chi connectivity index (χ2v) is 2.79. The summed E-state index contributed by atoms with van der Waals surface area (Å²) in [5.41, 5.74) is 0.727. The van der Waals surface area contributed by atoms with E-state index < -0.39 is 5.69 Å². The van der Waals surface area contributed by atoms with Gasteiger partial charge in [-0.15, -0.1) is 12.4 Å². The van der Waals surface area contributed by atoms with Crippen LogP contribution in [0.2, 0.25) is 0 Å². The van der Waals surface area contributed by atoms with Gasteiger partial charge in [0.25, 0.3) is 5.56 Å². The maximum atomic E-state index is 11.2. The van der Waals surface area contributed by atoms with Crippen molar-refractivity contribution in [2.75, 3.05) is 6.54 Å². The van der Waals surface area contributed by atoms with Crippen LogP contribution in [0.4, 0.5) is 0 Å². The smallest absolute Gasteiger partial charge is 0.312 e. The third kappa shape index (κ3) is 1.81. The molecule has 0 amide bonds. The highest BCUT2D eigenvalue weighted by molar-refractivity contribution is 5.85. The molecule has 0 aliphatic carbocycles. The Labute approximate surface area is 80.0 Å². The van der Waals surface area contributed by atoms with E-state index >= 15 is 0 Å². The highest BCUT2D eigenvalue weighted by Crippen LogP contribution is 2.02. The van der Waals surface area contributed by atoms with E-state index in [1.54, 1.807) is 0 Å². The molecule has 0 saturated heterocycles. The van der Waals surface area contributed by atoms with Crippen molar-refractivity contribution in [2.24, 2.45) is 0 Å². The summed E-state index contributed by atoms with van der Waals surface area (Å²) in [6.07, 6.45) is 0.717. The van der Waals surface area contributed by atoms with Gasteiger partial charge in [-0.05, 0) is 0 Å². The molecule has 0 saturated carbocycles. The van der Waals surface area contributed by atoms with Crippen molar-refractivity contribution in [3.05, 3.63) is 32.1 Å². The van der Waals surface area contributed by atoms with Crippen molar-refractivity contribution < 1.29 is 0 Å². The molecule has 1 aromatic heterocycles. The summed E-state index contributed by atoms with van der Waals surface area (Å²) >= 11 is 0. The summed E-state index contributed by atoms with van der Waals surface area (Å²) in [7, 11) is 0.